The second-order valence-electron chi connectivity index (χ2n) is 5.50. The van der Waals surface area contributed by atoms with E-state index in [0.717, 1.165) is 31.5 Å². The van der Waals surface area contributed by atoms with Crippen LogP contribution in [0.25, 0.3) is 0 Å². The van der Waals surface area contributed by atoms with Crippen molar-refractivity contribution in [1.29, 1.82) is 0 Å². The number of aromatic carboxylic acids is 1. The number of nitrogens with two attached hydrogens (primary N) is 1. The highest BCUT2D eigenvalue weighted by molar-refractivity contribution is 5.94. The fraction of sp³-hybridized carbons (Fsp3) is 0.467. The van der Waals surface area contributed by atoms with Gasteiger partial charge in [-0.1, -0.05) is 0 Å². The zero-order valence-corrected chi connectivity index (χ0v) is 12.1. The third-order valence-electron chi connectivity index (χ3n) is 3.75. The van der Waals surface area contributed by atoms with Gasteiger partial charge in [0.15, 0.2) is 0 Å². The van der Waals surface area contributed by atoms with Crippen molar-refractivity contribution in [2.24, 2.45) is 5.73 Å². The molecule has 0 bridgehead atoms. The number of hydrogen-bond acceptors (Lipinski definition) is 4. The third kappa shape index (κ3) is 4.27. The van der Waals surface area contributed by atoms with Crippen LogP contribution in [0.3, 0.4) is 0 Å². The van der Waals surface area contributed by atoms with Crippen LogP contribution < -0.4 is 11.1 Å². The summed E-state index contributed by atoms with van der Waals surface area (Å²) in [5, 5.41) is 11.7. The van der Waals surface area contributed by atoms with E-state index in [4.69, 9.17) is 10.8 Å². The Morgan fingerprint density at radius 1 is 1.38 bits per heavy atom. The van der Waals surface area contributed by atoms with Crippen molar-refractivity contribution < 1.29 is 14.7 Å². The van der Waals surface area contributed by atoms with Crippen LogP contribution in [0.15, 0.2) is 18.2 Å². The van der Waals surface area contributed by atoms with E-state index in [0.29, 0.717) is 12.2 Å². The minimum atomic E-state index is -0.972. The normalized spacial score (nSPS) is 16.7. The Bertz CT molecular complexity index is 537. The molecule has 0 radical (unpaired) electrons. The molecule has 2 rings (SSSR count). The van der Waals surface area contributed by atoms with Crippen molar-refractivity contribution in [2.45, 2.75) is 25.8 Å². The molecule has 0 atom stereocenters. The number of anilines is 1. The van der Waals surface area contributed by atoms with Crippen molar-refractivity contribution in [2.75, 3.05) is 25.0 Å². The number of hydrogen-bond donors (Lipinski definition) is 3. The van der Waals surface area contributed by atoms with E-state index >= 15 is 0 Å². The molecule has 21 heavy (non-hydrogen) atoms. The Kier molecular flexibility index (Phi) is 4.93. The summed E-state index contributed by atoms with van der Waals surface area (Å²) in [6.45, 7) is 3.80. The number of carbonyl (C=O) groups is 2. The first-order valence-electron chi connectivity index (χ1n) is 7.07. The molecule has 6 nitrogen and oxygen atoms in total. The van der Waals surface area contributed by atoms with Crippen LogP contribution in [0.1, 0.15) is 28.8 Å². The Balaban J connectivity index is 1.92. The molecule has 1 heterocycles. The zero-order chi connectivity index (χ0) is 15.4. The van der Waals surface area contributed by atoms with Gasteiger partial charge in [0.05, 0.1) is 12.1 Å². The fourth-order valence-electron chi connectivity index (χ4n) is 2.44. The number of aryl methyl sites for hydroxylation is 1. The highest BCUT2D eigenvalue weighted by Gasteiger charge is 2.18. The Labute approximate surface area is 123 Å². The molecule has 1 fully saturated rings. The number of nitrogens with zero attached hydrogens (tertiary/aromatic N) is 1. The first-order chi connectivity index (χ1) is 9.95. The first-order valence-corrected chi connectivity index (χ1v) is 7.07. The Hall–Kier alpha value is -1.92. The van der Waals surface area contributed by atoms with Gasteiger partial charge in [-0.15, -0.1) is 0 Å². The van der Waals surface area contributed by atoms with Gasteiger partial charge in [0.1, 0.15) is 0 Å². The smallest absolute Gasteiger partial charge is 0.335 e. The molecule has 0 aliphatic carbocycles. The highest BCUT2D eigenvalue weighted by atomic mass is 16.4. The Morgan fingerprint density at radius 2 is 2.05 bits per heavy atom. The predicted octanol–water partition coefficient (Wildman–Crippen LogP) is 1.05. The van der Waals surface area contributed by atoms with Crippen LogP contribution in [0.5, 0.6) is 0 Å². The van der Waals surface area contributed by atoms with Crippen LogP contribution in [-0.4, -0.2) is 47.6 Å². The van der Waals surface area contributed by atoms with Crippen molar-refractivity contribution in [3.8, 4) is 0 Å². The number of carbonyl (C=O) groups excluding carboxylic acids is 1. The maximum absolute atomic E-state index is 12.0. The summed E-state index contributed by atoms with van der Waals surface area (Å²) in [4.78, 5) is 25.0. The van der Waals surface area contributed by atoms with Crippen LogP contribution in [0, 0.1) is 6.92 Å². The molecule has 0 aromatic heterocycles. The van der Waals surface area contributed by atoms with Gasteiger partial charge in [0, 0.05) is 24.8 Å². The van der Waals surface area contributed by atoms with Gasteiger partial charge < -0.3 is 16.2 Å². The van der Waals surface area contributed by atoms with Gasteiger partial charge in [-0.3, -0.25) is 9.69 Å². The average molecular weight is 291 g/mol. The quantitative estimate of drug-likeness (QED) is 0.771. The van der Waals surface area contributed by atoms with Gasteiger partial charge >= 0.3 is 5.97 Å². The lowest BCUT2D eigenvalue weighted by atomic mass is 10.1. The van der Waals surface area contributed by atoms with Gasteiger partial charge in [-0.25, -0.2) is 4.79 Å². The lowest BCUT2D eigenvalue weighted by Crippen LogP contribution is -2.43. The summed E-state index contributed by atoms with van der Waals surface area (Å²) in [5.41, 5.74) is 7.44. The number of amides is 1. The Morgan fingerprint density at radius 3 is 2.62 bits per heavy atom. The van der Waals surface area contributed by atoms with Crippen LogP contribution >= 0.6 is 0 Å². The summed E-state index contributed by atoms with van der Waals surface area (Å²) in [6, 6.07) is 4.92. The molecule has 0 unspecified atom stereocenters. The van der Waals surface area contributed by atoms with E-state index in [1.165, 1.54) is 6.07 Å². The van der Waals surface area contributed by atoms with Crippen molar-refractivity contribution in [3.63, 3.8) is 0 Å². The number of rotatable bonds is 4. The van der Waals surface area contributed by atoms with E-state index in [9.17, 15) is 9.59 Å². The predicted molar refractivity (Wildman–Crippen MR) is 80.4 cm³/mol. The van der Waals surface area contributed by atoms with Crippen molar-refractivity contribution >= 4 is 17.6 Å². The molecular formula is C15H21N3O3. The monoisotopic (exact) mass is 291 g/mol. The van der Waals surface area contributed by atoms with Gasteiger partial charge in [-0.05, 0) is 43.5 Å². The molecule has 4 N–H and O–H groups in total. The van der Waals surface area contributed by atoms with E-state index in [1.54, 1.807) is 19.1 Å². The highest BCUT2D eigenvalue weighted by Crippen LogP contribution is 2.17. The molecule has 1 aromatic carbocycles. The first kappa shape index (κ1) is 15.5. The molecule has 1 aromatic rings. The second kappa shape index (κ2) is 6.69. The maximum Gasteiger partial charge on any atom is 0.335 e. The molecule has 0 saturated carbocycles. The van der Waals surface area contributed by atoms with E-state index < -0.39 is 5.97 Å². The molecule has 1 aliphatic rings. The van der Waals surface area contributed by atoms with Gasteiger partial charge in [0.25, 0.3) is 0 Å². The fourth-order valence-corrected chi connectivity index (χ4v) is 2.44. The molecule has 1 amide bonds. The summed E-state index contributed by atoms with van der Waals surface area (Å²) in [6.07, 6.45) is 1.83. The molecule has 114 valence electrons. The topological polar surface area (TPSA) is 95.7 Å². The van der Waals surface area contributed by atoms with E-state index in [-0.39, 0.29) is 17.5 Å². The maximum atomic E-state index is 12.0. The molecule has 1 aliphatic heterocycles. The van der Waals surface area contributed by atoms with Crippen molar-refractivity contribution in [1.82, 2.24) is 4.90 Å². The zero-order valence-electron chi connectivity index (χ0n) is 12.1. The molecular weight excluding hydrogens is 270 g/mol. The van der Waals surface area contributed by atoms with Gasteiger partial charge in [-0.2, -0.15) is 0 Å². The summed E-state index contributed by atoms with van der Waals surface area (Å²) < 4.78 is 0. The SMILES string of the molecule is Cc1cc(C(=O)O)ccc1NC(=O)CN1CCC(N)CC1. The lowest BCUT2D eigenvalue weighted by molar-refractivity contribution is -0.117. The lowest BCUT2D eigenvalue weighted by Gasteiger charge is -2.29. The molecule has 0 spiro atoms. The number of carboxylic acids is 1. The summed E-state index contributed by atoms with van der Waals surface area (Å²) >= 11 is 0. The standard InChI is InChI=1S/C15H21N3O3/c1-10-8-11(15(20)21)2-3-13(10)17-14(19)9-18-6-4-12(16)5-7-18/h2-3,8,12H,4-7,9,16H2,1H3,(H,17,19)(H,20,21). The molecule has 6 heteroatoms. The van der Waals surface area contributed by atoms with Crippen LogP contribution in [0.4, 0.5) is 5.69 Å². The second-order valence-corrected chi connectivity index (χ2v) is 5.50. The van der Waals surface area contributed by atoms with Crippen molar-refractivity contribution in [3.05, 3.63) is 29.3 Å². The number of benzene rings is 1. The minimum absolute atomic E-state index is 0.0864. The van der Waals surface area contributed by atoms with Gasteiger partial charge in [0.2, 0.25) is 5.91 Å². The molecule has 1 saturated heterocycles. The number of piperidine rings is 1. The van der Waals surface area contributed by atoms with E-state index in [2.05, 4.69) is 10.2 Å². The van der Waals surface area contributed by atoms with Crippen LogP contribution in [0.2, 0.25) is 0 Å². The summed E-state index contributed by atoms with van der Waals surface area (Å²) in [5.74, 6) is -1.06. The third-order valence-corrected chi connectivity index (χ3v) is 3.75. The number of nitrogens with one attached hydrogen (secondary N) is 1. The van der Waals surface area contributed by atoms with Crippen LogP contribution in [-0.2, 0) is 4.79 Å². The van der Waals surface area contributed by atoms with E-state index in [1.807, 2.05) is 0 Å². The summed E-state index contributed by atoms with van der Waals surface area (Å²) in [7, 11) is 0. The number of likely N-dealkylation sites (tertiary alicyclic amines) is 1. The number of carboxylic acid groups (broad SMARTS) is 1. The minimum Gasteiger partial charge on any atom is -0.478 e. The largest absolute Gasteiger partial charge is 0.478 e. The average Bonchev–Trinajstić information content (AvgIpc) is 2.43.